The molecule has 9 N–H and O–H groups in total. The zero-order valence-corrected chi connectivity index (χ0v) is 25.2. The zero-order valence-electron chi connectivity index (χ0n) is 25.2. The van der Waals surface area contributed by atoms with Crippen molar-refractivity contribution in [2.45, 2.75) is 119 Å². The Morgan fingerprint density at radius 3 is 2.00 bits per heavy atom. The molecule has 1 aromatic carbocycles. The van der Waals surface area contributed by atoms with Crippen molar-refractivity contribution in [1.82, 2.24) is 10.6 Å². The first-order valence-electron chi connectivity index (χ1n) is 14.8. The van der Waals surface area contributed by atoms with Gasteiger partial charge in [0.05, 0.1) is 31.5 Å². The van der Waals surface area contributed by atoms with Crippen molar-refractivity contribution in [2.24, 2.45) is 0 Å². The van der Waals surface area contributed by atoms with Crippen LogP contribution in [0.25, 0.3) is 0 Å². The van der Waals surface area contributed by atoms with Gasteiger partial charge in [-0.3, -0.25) is 9.59 Å². The number of nitrogens with one attached hydrogen (secondary N) is 2. The first kappa shape index (κ1) is 35.5. The summed E-state index contributed by atoms with van der Waals surface area (Å²) >= 11 is 0. The van der Waals surface area contributed by atoms with E-state index in [0.29, 0.717) is 0 Å². The van der Waals surface area contributed by atoms with Gasteiger partial charge < -0.3 is 70.1 Å². The molecule has 3 saturated heterocycles. The van der Waals surface area contributed by atoms with Gasteiger partial charge in [-0.1, -0.05) is 30.3 Å². The maximum atomic E-state index is 12.3. The number of ether oxygens (including phenoxy) is 5. The molecule has 4 rings (SSSR count). The van der Waals surface area contributed by atoms with Crippen LogP contribution in [0.1, 0.15) is 26.3 Å². The molecule has 45 heavy (non-hydrogen) atoms. The lowest BCUT2D eigenvalue weighted by Crippen LogP contribution is -2.68. The molecule has 15 unspecified atom stereocenters. The van der Waals surface area contributed by atoms with Crippen molar-refractivity contribution in [2.75, 3.05) is 13.2 Å². The maximum Gasteiger partial charge on any atom is 0.217 e. The Kier molecular flexibility index (Phi) is 12.2. The van der Waals surface area contributed by atoms with Gasteiger partial charge in [-0.25, -0.2) is 0 Å². The molecule has 0 saturated carbocycles. The molecule has 254 valence electrons. The predicted octanol–water partition coefficient (Wildman–Crippen LogP) is -3.96. The SMILES string of the molecule is CC(=O)NC1C(OCC2OC(Cc3ccccc3)C(NC(C)=O)C(OC3OC(C)C(O)C(O)C3O)C2O)OC(CO)C(O)C1O. The van der Waals surface area contributed by atoms with E-state index >= 15 is 0 Å². The summed E-state index contributed by atoms with van der Waals surface area (Å²) in [5.74, 6) is -1.02. The van der Waals surface area contributed by atoms with Crippen LogP contribution in [0.4, 0.5) is 0 Å². The number of aliphatic hydroxyl groups is 7. The van der Waals surface area contributed by atoms with Crippen LogP contribution < -0.4 is 10.6 Å². The second-order valence-electron chi connectivity index (χ2n) is 11.7. The number of hydrogen-bond acceptors (Lipinski definition) is 14. The average Bonchev–Trinajstić information content (AvgIpc) is 3.00. The molecule has 0 aromatic heterocycles. The van der Waals surface area contributed by atoms with E-state index in [1.165, 1.54) is 20.8 Å². The lowest BCUT2D eigenvalue weighted by molar-refractivity contribution is -0.330. The van der Waals surface area contributed by atoms with Crippen molar-refractivity contribution in [3.8, 4) is 0 Å². The summed E-state index contributed by atoms with van der Waals surface area (Å²) in [6.07, 6.45) is -17.6. The highest BCUT2D eigenvalue weighted by Crippen LogP contribution is 2.31. The van der Waals surface area contributed by atoms with Gasteiger partial charge in [-0.15, -0.1) is 0 Å². The second kappa shape index (κ2) is 15.5. The number of amides is 2. The molecule has 0 bridgehead atoms. The van der Waals surface area contributed by atoms with E-state index < -0.39 is 117 Å². The van der Waals surface area contributed by atoms with Gasteiger partial charge in [0.15, 0.2) is 12.6 Å². The summed E-state index contributed by atoms with van der Waals surface area (Å²) < 4.78 is 29.4. The largest absolute Gasteiger partial charge is 0.394 e. The van der Waals surface area contributed by atoms with Crippen molar-refractivity contribution in [3.05, 3.63) is 35.9 Å². The van der Waals surface area contributed by atoms with E-state index in [-0.39, 0.29) is 6.42 Å². The number of hydrogen-bond donors (Lipinski definition) is 9. The lowest BCUT2D eigenvalue weighted by Gasteiger charge is -2.48. The fourth-order valence-corrected chi connectivity index (χ4v) is 5.84. The van der Waals surface area contributed by atoms with Crippen LogP contribution in [0.3, 0.4) is 0 Å². The van der Waals surface area contributed by atoms with Crippen LogP contribution >= 0.6 is 0 Å². The quantitative estimate of drug-likeness (QED) is 0.118. The molecular formula is C29H44N2O14. The molecule has 3 aliphatic rings. The smallest absolute Gasteiger partial charge is 0.217 e. The standard InChI is InChI=1S/C29H44N2O14/c1-12-21(35)25(39)26(40)29(42-12)45-27-19(30-13(2)33)16(9-15-7-5-4-6-8-15)43-18(23(27)37)11-41-28-20(31-14(3)34)24(38)22(36)17(10-32)44-28/h4-8,12,16-29,32,35-40H,9-11H2,1-3H3,(H,30,33)(H,31,34). The van der Waals surface area contributed by atoms with E-state index in [2.05, 4.69) is 10.6 Å². The molecular weight excluding hydrogens is 600 g/mol. The number of carbonyl (C=O) groups excluding carboxylic acids is 2. The Bertz CT molecular complexity index is 1120. The normalized spacial score (nSPS) is 42.1. The Morgan fingerprint density at radius 2 is 1.38 bits per heavy atom. The molecule has 3 fully saturated rings. The third-order valence-electron chi connectivity index (χ3n) is 8.25. The van der Waals surface area contributed by atoms with E-state index in [0.717, 1.165) is 5.56 Å². The van der Waals surface area contributed by atoms with E-state index in [1.807, 2.05) is 30.3 Å². The average molecular weight is 645 g/mol. The van der Waals surface area contributed by atoms with Crippen molar-refractivity contribution < 1.29 is 69.0 Å². The first-order chi connectivity index (χ1) is 21.3. The fraction of sp³-hybridized carbons (Fsp3) is 0.724. The topological polar surface area (TPSA) is 246 Å². The van der Waals surface area contributed by atoms with Gasteiger partial charge in [0.2, 0.25) is 11.8 Å². The highest BCUT2D eigenvalue weighted by molar-refractivity contribution is 5.73. The summed E-state index contributed by atoms with van der Waals surface area (Å²) in [4.78, 5) is 24.2. The van der Waals surface area contributed by atoms with E-state index in [9.17, 15) is 45.3 Å². The van der Waals surface area contributed by atoms with Crippen LogP contribution in [0.5, 0.6) is 0 Å². The summed E-state index contributed by atoms with van der Waals surface area (Å²) in [6.45, 7) is 2.85. The summed E-state index contributed by atoms with van der Waals surface area (Å²) in [6, 6.07) is 6.88. The molecule has 0 spiro atoms. The first-order valence-corrected chi connectivity index (χ1v) is 14.8. The fourth-order valence-electron chi connectivity index (χ4n) is 5.84. The van der Waals surface area contributed by atoms with E-state index in [1.54, 1.807) is 0 Å². The van der Waals surface area contributed by atoms with Crippen LogP contribution in [-0.2, 0) is 39.7 Å². The molecule has 16 nitrogen and oxygen atoms in total. The molecule has 3 heterocycles. The minimum Gasteiger partial charge on any atom is -0.394 e. The van der Waals surface area contributed by atoms with Gasteiger partial charge in [-0.2, -0.15) is 0 Å². The van der Waals surface area contributed by atoms with Gasteiger partial charge in [0, 0.05) is 20.3 Å². The third kappa shape index (κ3) is 8.34. The molecule has 2 amide bonds. The lowest BCUT2D eigenvalue weighted by atomic mass is 9.88. The van der Waals surface area contributed by atoms with Crippen LogP contribution in [-0.4, -0.2) is 153 Å². The van der Waals surface area contributed by atoms with E-state index in [4.69, 9.17) is 23.7 Å². The second-order valence-corrected chi connectivity index (χ2v) is 11.7. The van der Waals surface area contributed by atoms with Crippen LogP contribution in [0.15, 0.2) is 30.3 Å². The van der Waals surface area contributed by atoms with Crippen molar-refractivity contribution >= 4 is 11.8 Å². The summed E-state index contributed by atoms with van der Waals surface area (Å²) in [5, 5.41) is 78.5. The Labute approximate surface area is 259 Å². The van der Waals surface area contributed by atoms with Crippen LogP contribution in [0.2, 0.25) is 0 Å². The van der Waals surface area contributed by atoms with Gasteiger partial charge in [0.1, 0.15) is 61.0 Å². The van der Waals surface area contributed by atoms with Gasteiger partial charge >= 0.3 is 0 Å². The Balaban J connectivity index is 1.61. The Morgan fingerprint density at radius 1 is 0.733 bits per heavy atom. The molecule has 0 radical (unpaired) electrons. The minimum absolute atomic E-state index is 0.229. The highest BCUT2D eigenvalue weighted by Gasteiger charge is 2.52. The summed E-state index contributed by atoms with van der Waals surface area (Å²) in [7, 11) is 0. The molecule has 3 aliphatic heterocycles. The number of carbonyl (C=O) groups is 2. The molecule has 16 heteroatoms. The zero-order chi connectivity index (χ0) is 33.0. The number of aliphatic hydroxyl groups excluding tert-OH is 7. The highest BCUT2D eigenvalue weighted by atomic mass is 16.7. The number of benzene rings is 1. The molecule has 15 atom stereocenters. The summed E-state index contributed by atoms with van der Waals surface area (Å²) in [5.41, 5.74) is 0.818. The van der Waals surface area contributed by atoms with Crippen molar-refractivity contribution in [3.63, 3.8) is 0 Å². The third-order valence-corrected chi connectivity index (χ3v) is 8.25. The molecule has 1 aromatic rings. The number of rotatable bonds is 10. The van der Waals surface area contributed by atoms with Crippen LogP contribution in [0, 0.1) is 0 Å². The maximum absolute atomic E-state index is 12.3. The van der Waals surface area contributed by atoms with Gasteiger partial charge in [0.25, 0.3) is 0 Å². The molecule has 0 aliphatic carbocycles. The Hall–Kier alpha value is -2.32. The van der Waals surface area contributed by atoms with Gasteiger partial charge in [-0.05, 0) is 12.5 Å². The predicted molar refractivity (Wildman–Crippen MR) is 151 cm³/mol. The minimum atomic E-state index is -1.70. The van der Waals surface area contributed by atoms with Crippen molar-refractivity contribution in [1.29, 1.82) is 0 Å². The monoisotopic (exact) mass is 644 g/mol.